The van der Waals surface area contributed by atoms with Gasteiger partial charge in [0.25, 0.3) is 5.91 Å². The first kappa shape index (κ1) is 21.3. The van der Waals surface area contributed by atoms with E-state index in [1.165, 1.54) is 17.0 Å². The molecular weight excluding hydrogens is 397 g/mol. The lowest BCUT2D eigenvalue weighted by molar-refractivity contribution is -0.132. The van der Waals surface area contributed by atoms with Gasteiger partial charge in [0, 0.05) is 12.6 Å². The first-order valence-corrected chi connectivity index (χ1v) is 10.6. The third kappa shape index (κ3) is 4.88. The van der Waals surface area contributed by atoms with Gasteiger partial charge in [0.1, 0.15) is 17.1 Å². The Morgan fingerprint density at radius 3 is 2.35 bits per heavy atom. The van der Waals surface area contributed by atoms with Gasteiger partial charge in [-0.3, -0.25) is 9.69 Å². The second kappa shape index (κ2) is 8.67. The van der Waals surface area contributed by atoms with E-state index in [1.54, 1.807) is 26.2 Å². The van der Waals surface area contributed by atoms with Crippen molar-refractivity contribution in [3.05, 3.63) is 65.5 Å². The molecule has 1 aliphatic carbocycles. The molecule has 1 N–H and O–H groups in total. The number of urea groups is 1. The lowest BCUT2D eigenvalue weighted by atomic mass is 9.93. The fourth-order valence-electron chi connectivity index (χ4n) is 3.97. The lowest BCUT2D eigenvalue weighted by Gasteiger charge is -2.27. The molecule has 2 aliphatic rings. The summed E-state index contributed by atoms with van der Waals surface area (Å²) in [6.07, 6.45) is 3.27. The summed E-state index contributed by atoms with van der Waals surface area (Å²) in [5.74, 6) is 0.312. The molecule has 0 aromatic heterocycles. The average Bonchev–Trinajstić information content (AvgIpc) is 3.59. The third-order valence-corrected chi connectivity index (χ3v) is 6.10. The summed E-state index contributed by atoms with van der Waals surface area (Å²) in [6, 6.07) is 14.1. The van der Waals surface area contributed by atoms with Crippen LogP contribution in [0.15, 0.2) is 48.5 Å². The van der Waals surface area contributed by atoms with Crippen LogP contribution in [0.4, 0.5) is 9.18 Å². The topological polar surface area (TPSA) is 61.9 Å². The number of benzene rings is 2. The number of nitrogens with one attached hydrogen (secondary N) is 1. The Balaban J connectivity index is 1.40. The summed E-state index contributed by atoms with van der Waals surface area (Å²) >= 11 is 0. The number of rotatable bonds is 9. The van der Waals surface area contributed by atoms with Gasteiger partial charge in [-0.25, -0.2) is 14.1 Å². The van der Waals surface area contributed by atoms with Gasteiger partial charge in [0.2, 0.25) is 0 Å². The summed E-state index contributed by atoms with van der Waals surface area (Å²) in [5.41, 5.74) is 1.11. The van der Waals surface area contributed by atoms with Crippen LogP contribution < -0.4 is 10.1 Å². The molecule has 4 rings (SSSR count). The van der Waals surface area contributed by atoms with Crippen LogP contribution in [0.3, 0.4) is 0 Å². The molecular formula is C24H28FN3O3. The van der Waals surface area contributed by atoms with Gasteiger partial charge in [-0.2, -0.15) is 0 Å². The fraction of sp³-hybridized carbons (Fsp3) is 0.417. The molecule has 1 saturated carbocycles. The van der Waals surface area contributed by atoms with Crippen LogP contribution in [0.2, 0.25) is 0 Å². The number of amides is 3. The molecule has 7 heteroatoms. The van der Waals surface area contributed by atoms with Crippen molar-refractivity contribution >= 4 is 11.9 Å². The van der Waals surface area contributed by atoms with Crippen LogP contribution in [-0.2, 0) is 17.8 Å². The Morgan fingerprint density at radius 2 is 1.74 bits per heavy atom. The zero-order valence-electron chi connectivity index (χ0n) is 17.9. The number of hydrogen-bond acceptors (Lipinski definition) is 4. The average molecular weight is 426 g/mol. The molecule has 1 heterocycles. The SMILES string of the molecule is COc1ccc(CC[C@@]2(C)NC(=O)N(CN(Cc3ccc(F)cc3)C3CC3)C2=O)cc1. The zero-order valence-corrected chi connectivity index (χ0v) is 17.9. The second-order valence-corrected chi connectivity index (χ2v) is 8.59. The zero-order chi connectivity index (χ0) is 22.0. The molecule has 1 saturated heterocycles. The van der Waals surface area contributed by atoms with Crippen molar-refractivity contribution in [2.24, 2.45) is 0 Å². The van der Waals surface area contributed by atoms with Crippen molar-refractivity contribution in [2.75, 3.05) is 13.8 Å². The van der Waals surface area contributed by atoms with Gasteiger partial charge >= 0.3 is 6.03 Å². The van der Waals surface area contributed by atoms with E-state index in [4.69, 9.17) is 4.74 Å². The number of halogens is 1. The molecule has 164 valence electrons. The molecule has 1 atom stereocenters. The number of hydrogen-bond donors (Lipinski definition) is 1. The monoisotopic (exact) mass is 425 g/mol. The first-order chi connectivity index (χ1) is 14.9. The quantitative estimate of drug-likeness (QED) is 0.623. The molecule has 0 radical (unpaired) electrons. The molecule has 3 amide bonds. The molecule has 31 heavy (non-hydrogen) atoms. The van der Waals surface area contributed by atoms with Crippen LogP contribution in [0.1, 0.15) is 37.3 Å². The molecule has 2 fully saturated rings. The predicted molar refractivity (Wildman–Crippen MR) is 115 cm³/mol. The molecule has 0 unspecified atom stereocenters. The van der Waals surface area contributed by atoms with Gasteiger partial charge in [-0.05, 0) is 68.0 Å². The number of aryl methyl sites for hydroxylation is 1. The van der Waals surface area contributed by atoms with Crippen LogP contribution in [0, 0.1) is 5.82 Å². The highest BCUT2D eigenvalue weighted by Crippen LogP contribution is 2.31. The minimum absolute atomic E-state index is 0.198. The fourth-order valence-corrected chi connectivity index (χ4v) is 3.97. The van der Waals surface area contributed by atoms with Crippen molar-refractivity contribution < 1.29 is 18.7 Å². The van der Waals surface area contributed by atoms with E-state index in [9.17, 15) is 14.0 Å². The Morgan fingerprint density at radius 1 is 1.10 bits per heavy atom. The van der Waals surface area contributed by atoms with E-state index in [1.807, 2.05) is 24.3 Å². The molecule has 6 nitrogen and oxygen atoms in total. The van der Waals surface area contributed by atoms with Gasteiger partial charge in [0.15, 0.2) is 0 Å². The standard InChI is InChI=1S/C24H28FN3O3/c1-24(14-13-17-5-11-21(31-2)12-6-17)22(29)28(23(30)26-24)16-27(20-9-10-20)15-18-3-7-19(25)8-4-18/h3-8,11-12,20H,9-10,13-16H2,1-2H3,(H,26,30)/t24-/m1/s1. The van der Waals surface area contributed by atoms with Gasteiger partial charge in [-0.1, -0.05) is 24.3 Å². The number of carbonyl (C=O) groups excluding carboxylic acids is 2. The van der Waals surface area contributed by atoms with Crippen LogP contribution in [0.25, 0.3) is 0 Å². The highest BCUT2D eigenvalue weighted by molar-refractivity contribution is 6.06. The van der Waals surface area contributed by atoms with Crippen molar-refractivity contribution in [1.82, 2.24) is 15.1 Å². The van der Waals surface area contributed by atoms with Crippen LogP contribution in [-0.4, -0.2) is 47.1 Å². The predicted octanol–water partition coefficient (Wildman–Crippen LogP) is 3.70. The highest BCUT2D eigenvalue weighted by atomic mass is 19.1. The van der Waals surface area contributed by atoms with Crippen molar-refractivity contribution in [3.63, 3.8) is 0 Å². The van der Waals surface area contributed by atoms with Crippen molar-refractivity contribution in [1.29, 1.82) is 0 Å². The molecule has 2 aromatic rings. The maximum Gasteiger partial charge on any atom is 0.326 e. The molecule has 1 aliphatic heterocycles. The third-order valence-electron chi connectivity index (χ3n) is 6.10. The molecule has 0 spiro atoms. The van der Waals surface area contributed by atoms with E-state index in [2.05, 4.69) is 10.2 Å². The van der Waals surface area contributed by atoms with Crippen LogP contribution >= 0.6 is 0 Å². The van der Waals surface area contributed by atoms with Crippen molar-refractivity contribution in [3.8, 4) is 5.75 Å². The number of methoxy groups -OCH3 is 1. The number of ether oxygens (including phenoxy) is 1. The molecule has 2 aromatic carbocycles. The maximum atomic E-state index is 13.2. The summed E-state index contributed by atoms with van der Waals surface area (Å²) in [5, 5.41) is 2.90. The number of carbonyl (C=O) groups is 2. The summed E-state index contributed by atoms with van der Waals surface area (Å²) in [7, 11) is 1.62. The first-order valence-electron chi connectivity index (χ1n) is 10.6. The smallest absolute Gasteiger partial charge is 0.326 e. The van der Waals surface area contributed by atoms with E-state index < -0.39 is 5.54 Å². The van der Waals surface area contributed by atoms with E-state index >= 15 is 0 Å². The highest BCUT2D eigenvalue weighted by Gasteiger charge is 2.48. The summed E-state index contributed by atoms with van der Waals surface area (Å²) < 4.78 is 18.4. The Labute approximate surface area is 182 Å². The van der Waals surface area contributed by atoms with Gasteiger partial charge in [-0.15, -0.1) is 0 Å². The molecule has 0 bridgehead atoms. The Kier molecular flexibility index (Phi) is 5.96. The maximum absolute atomic E-state index is 13.2. The van der Waals surface area contributed by atoms with Gasteiger partial charge in [0.05, 0.1) is 13.8 Å². The number of nitrogens with zero attached hydrogens (tertiary/aromatic N) is 2. The van der Waals surface area contributed by atoms with E-state index in [0.29, 0.717) is 25.4 Å². The largest absolute Gasteiger partial charge is 0.497 e. The number of imide groups is 1. The van der Waals surface area contributed by atoms with Gasteiger partial charge < -0.3 is 10.1 Å². The van der Waals surface area contributed by atoms with E-state index in [0.717, 1.165) is 29.7 Å². The minimum Gasteiger partial charge on any atom is -0.497 e. The Bertz CT molecular complexity index is 944. The lowest BCUT2D eigenvalue weighted by Crippen LogP contribution is -2.46. The summed E-state index contributed by atoms with van der Waals surface area (Å²) in [4.78, 5) is 29.3. The van der Waals surface area contributed by atoms with E-state index in [-0.39, 0.29) is 24.4 Å². The second-order valence-electron chi connectivity index (χ2n) is 8.59. The minimum atomic E-state index is -0.928. The van der Waals surface area contributed by atoms with Crippen molar-refractivity contribution in [2.45, 2.75) is 50.7 Å². The normalized spacial score (nSPS) is 21.0. The van der Waals surface area contributed by atoms with Crippen LogP contribution in [0.5, 0.6) is 5.75 Å². The summed E-state index contributed by atoms with van der Waals surface area (Å²) in [6.45, 7) is 2.60. The Hall–Kier alpha value is -2.93.